The molecule has 0 aromatic heterocycles. The van der Waals surface area contributed by atoms with Crippen molar-refractivity contribution in [2.75, 3.05) is 0 Å². The molecule has 0 saturated carbocycles. The summed E-state index contributed by atoms with van der Waals surface area (Å²) in [6, 6.07) is 0. The zero-order valence-electron chi connectivity index (χ0n) is 5.23. The van der Waals surface area contributed by atoms with Crippen LogP contribution in [0.15, 0.2) is 0 Å². The Kier molecular flexibility index (Phi) is 68.5. The summed E-state index contributed by atoms with van der Waals surface area (Å²) in [6.07, 6.45) is 0. The molecule has 43 valence electrons. The Labute approximate surface area is 122 Å². The van der Waals surface area contributed by atoms with Gasteiger partial charge in [-0.15, -0.1) is 0 Å². The molecule has 0 N–H and O–H groups in total. The van der Waals surface area contributed by atoms with Crippen molar-refractivity contribution < 1.29 is 82.9 Å². The van der Waals surface area contributed by atoms with Gasteiger partial charge in [0.1, 0.15) is 0 Å². The first-order valence-electron chi connectivity index (χ1n) is 0.730. The Balaban J connectivity index is -0.00000000800. The fraction of sp³-hybridized carbons (Fsp3) is 0. The molecule has 1 radical (unpaired) electrons. The van der Waals surface area contributed by atoms with Crippen molar-refractivity contribution in [1.29, 1.82) is 0 Å². The van der Waals surface area contributed by atoms with Crippen molar-refractivity contribution in [2.45, 2.75) is 0 Å². The van der Waals surface area contributed by atoms with E-state index < -0.39 is 7.82 Å². The topological polar surface area (TPSA) is 86.2 Å². The monoisotopic (exact) mass is 262 g/mol. The van der Waals surface area contributed by atoms with Gasteiger partial charge in [0.25, 0.3) is 0 Å². The quantitative estimate of drug-likeness (QED) is 0.321. The van der Waals surface area contributed by atoms with Crippen LogP contribution >= 0.6 is 7.82 Å². The first kappa shape index (κ1) is 38.1. The van der Waals surface area contributed by atoms with Crippen LogP contribution in [0.4, 0.5) is 0 Å². The first-order valence-corrected chi connectivity index (χ1v) is 2.19. The van der Waals surface area contributed by atoms with E-state index in [1.54, 1.807) is 0 Å². The smallest absolute Gasteiger partial charge is 0.822 e. The van der Waals surface area contributed by atoms with E-state index in [0.29, 0.717) is 0 Å². The van der Waals surface area contributed by atoms with Gasteiger partial charge in [-0.2, -0.15) is 7.82 Å². The molecule has 10 heavy (non-hydrogen) atoms. The third-order valence-corrected chi connectivity index (χ3v) is 0. The molecule has 0 atom stereocenters. The van der Waals surface area contributed by atoms with Gasteiger partial charge in [0, 0.05) is 0 Å². The predicted octanol–water partition coefficient (Wildman–Crippen LogP) is -6.59. The second-order valence-corrected chi connectivity index (χ2v) is 1.34. The third-order valence-electron chi connectivity index (χ3n) is 0. The maximum atomic E-state index is 8.55. The Morgan fingerprint density at radius 2 is 1.10 bits per heavy atom. The number of hydrogen-bond donors (Lipinski definition) is 0. The minimum atomic E-state index is -5.39. The van der Waals surface area contributed by atoms with Crippen molar-refractivity contribution in [2.24, 2.45) is 0 Å². The largest absolute Gasteiger partial charge is 2.00 e. The van der Waals surface area contributed by atoms with E-state index in [1.165, 1.54) is 0 Å². The molecule has 0 aromatic carbocycles. The van der Waals surface area contributed by atoms with Gasteiger partial charge in [0.2, 0.25) is 0 Å². The predicted molar refractivity (Wildman–Crippen MR) is 19.1 cm³/mol. The maximum Gasteiger partial charge on any atom is 2.00 e. The van der Waals surface area contributed by atoms with Crippen LogP contribution in [-0.2, 0) is 38.7 Å². The molecule has 0 unspecified atom stereocenters. The first-order chi connectivity index (χ1) is 2.00. The summed E-state index contributed by atoms with van der Waals surface area (Å²) in [5.41, 5.74) is 0. The van der Waals surface area contributed by atoms with Crippen LogP contribution in [-0.4, -0.2) is 33.2 Å². The Morgan fingerprint density at radius 3 is 1.10 bits per heavy atom. The van der Waals surface area contributed by atoms with E-state index in [-0.39, 0.29) is 96.9 Å². The molecule has 0 amide bonds. The van der Waals surface area contributed by atoms with Gasteiger partial charge in [-0.3, -0.25) is 0 Å². The van der Waals surface area contributed by atoms with E-state index in [2.05, 4.69) is 0 Å². The summed E-state index contributed by atoms with van der Waals surface area (Å²) in [4.78, 5) is 25.6. The number of rotatable bonds is 0. The Hall–Kier alpha value is 3.08. The summed E-state index contributed by atoms with van der Waals surface area (Å²) in [6.45, 7) is 0. The molecule has 0 spiro atoms. The maximum absolute atomic E-state index is 8.55. The molecular formula is BeFeMgMnNaO4P+6. The minimum absolute atomic E-state index is 0. The molecule has 0 rings (SSSR count). The van der Waals surface area contributed by atoms with Crippen molar-refractivity contribution in [1.82, 2.24) is 0 Å². The van der Waals surface area contributed by atoms with Crippen LogP contribution in [0, 0.1) is 0 Å². The number of phosphoric acid groups is 1. The van der Waals surface area contributed by atoms with Crippen LogP contribution < -0.4 is 44.2 Å². The second kappa shape index (κ2) is 18.0. The normalized spacial score (nSPS) is 5.90. The van der Waals surface area contributed by atoms with Gasteiger partial charge in [-0.05, 0) is 0 Å². The zero-order valence-corrected chi connectivity index (χ0v) is 11.8. The zero-order chi connectivity index (χ0) is 4.50. The third kappa shape index (κ3) is 119. The van der Waals surface area contributed by atoms with E-state index in [9.17, 15) is 0 Å². The molecule has 10 heteroatoms. The van der Waals surface area contributed by atoms with Crippen LogP contribution in [0.3, 0.4) is 0 Å². The average Bonchev–Trinajstić information content (AvgIpc) is 0.722. The molecule has 0 aliphatic carbocycles. The fourth-order valence-corrected chi connectivity index (χ4v) is 0. The van der Waals surface area contributed by atoms with E-state index in [1.807, 2.05) is 0 Å². The van der Waals surface area contributed by atoms with E-state index >= 15 is 0 Å². The van der Waals surface area contributed by atoms with Crippen LogP contribution in [0.25, 0.3) is 0 Å². The SMILES string of the molecule is O=P([O-])([O-])[O-].[Be+2].[Fe+2].[Mg+2].[Mn+2].[Na+]. The molecule has 0 fully saturated rings. The van der Waals surface area contributed by atoms with Crippen LogP contribution in [0.5, 0.6) is 0 Å². The molecule has 0 aliphatic rings. The van der Waals surface area contributed by atoms with E-state index in [0.717, 1.165) is 0 Å². The number of hydrogen-bond acceptors (Lipinski definition) is 4. The summed E-state index contributed by atoms with van der Waals surface area (Å²) in [5.74, 6) is 0. The summed E-state index contributed by atoms with van der Waals surface area (Å²) in [7, 11) is -5.39. The molecule has 0 saturated heterocycles. The van der Waals surface area contributed by atoms with Crippen molar-refractivity contribution in [3.63, 3.8) is 0 Å². The standard InChI is InChI=1S/Be.Fe.Mg.Mn.Na.H3O4P/c;;;;;1-5(2,3)4/h;;;;;(H3,1,2,3,4)/q4*+2;+1;/p-3. The van der Waals surface area contributed by atoms with Gasteiger partial charge in [0.05, 0.1) is 0 Å². The van der Waals surface area contributed by atoms with E-state index in [4.69, 9.17) is 19.2 Å². The van der Waals surface area contributed by atoms with Gasteiger partial charge < -0.3 is 19.2 Å². The van der Waals surface area contributed by atoms with Gasteiger partial charge >= 0.3 is 96.9 Å². The minimum Gasteiger partial charge on any atom is -0.822 e. The molecule has 0 aromatic rings. The van der Waals surface area contributed by atoms with Gasteiger partial charge in [-0.1, -0.05) is 0 Å². The Morgan fingerprint density at radius 1 is 1.10 bits per heavy atom. The molecular weight excluding hydrogens is 262 g/mol. The van der Waals surface area contributed by atoms with Crippen molar-refractivity contribution in [3.8, 4) is 0 Å². The summed E-state index contributed by atoms with van der Waals surface area (Å²) in [5, 5.41) is 0. The molecule has 4 nitrogen and oxygen atoms in total. The summed E-state index contributed by atoms with van der Waals surface area (Å²) >= 11 is 0. The van der Waals surface area contributed by atoms with Gasteiger partial charge in [0.15, 0.2) is 0 Å². The van der Waals surface area contributed by atoms with Gasteiger partial charge in [-0.25, -0.2) is 0 Å². The summed E-state index contributed by atoms with van der Waals surface area (Å²) < 4.78 is 8.55. The second-order valence-electron chi connectivity index (χ2n) is 0.447. The molecule has 0 aliphatic heterocycles. The Bertz CT molecular complexity index is 71.4. The molecule has 0 bridgehead atoms. The molecule has 0 heterocycles. The van der Waals surface area contributed by atoms with Crippen LogP contribution in [0.1, 0.15) is 0 Å². The van der Waals surface area contributed by atoms with Crippen molar-refractivity contribution >= 4 is 41.0 Å². The fourth-order valence-electron chi connectivity index (χ4n) is 0. The van der Waals surface area contributed by atoms with Crippen molar-refractivity contribution in [3.05, 3.63) is 0 Å². The average molecular weight is 262 g/mol. The van der Waals surface area contributed by atoms with Crippen LogP contribution in [0.2, 0.25) is 0 Å².